The number of likely N-dealkylation sites (N-methyl/N-ethyl adjacent to an activating group) is 1. The highest BCUT2D eigenvalue weighted by molar-refractivity contribution is 5.94. The van der Waals surface area contributed by atoms with E-state index in [1.54, 1.807) is 56.3 Å². The van der Waals surface area contributed by atoms with Gasteiger partial charge < -0.3 is 15.3 Å². The summed E-state index contributed by atoms with van der Waals surface area (Å²) in [4.78, 5) is 24.8. The molecule has 0 saturated carbocycles. The second-order valence-corrected chi connectivity index (χ2v) is 4.93. The first kappa shape index (κ1) is 16.9. The molecule has 2 N–H and O–H groups in total. The van der Waals surface area contributed by atoms with Crippen LogP contribution in [0.25, 0.3) is 6.08 Å². The summed E-state index contributed by atoms with van der Waals surface area (Å²) < 4.78 is 0. The molecule has 0 saturated heterocycles. The van der Waals surface area contributed by atoms with Crippen LogP contribution in [-0.4, -0.2) is 48.6 Å². The van der Waals surface area contributed by atoms with Gasteiger partial charge in [0.2, 0.25) is 5.91 Å². The second-order valence-electron chi connectivity index (χ2n) is 4.93. The van der Waals surface area contributed by atoms with E-state index in [2.05, 4.69) is 5.32 Å². The first-order valence-electron chi connectivity index (χ1n) is 6.87. The van der Waals surface area contributed by atoms with Crippen molar-refractivity contribution in [2.24, 2.45) is 0 Å². The van der Waals surface area contributed by atoms with E-state index in [4.69, 9.17) is 0 Å². The third kappa shape index (κ3) is 5.79. The zero-order chi connectivity index (χ0) is 15.8. The summed E-state index contributed by atoms with van der Waals surface area (Å²) >= 11 is 0. The van der Waals surface area contributed by atoms with Crippen LogP contribution < -0.4 is 5.32 Å². The van der Waals surface area contributed by atoms with Gasteiger partial charge in [-0.25, -0.2) is 0 Å². The molecule has 0 bridgehead atoms. The number of aliphatic hydroxyl groups excluding tert-OH is 1. The van der Waals surface area contributed by atoms with E-state index < -0.39 is 6.10 Å². The number of benzene rings is 1. The summed E-state index contributed by atoms with van der Waals surface area (Å²) in [5, 5.41) is 11.7. The van der Waals surface area contributed by atoms with Gasteiger partial charge in [0.05, 0.1) is 6.10 Å². The largest absolute Gasteiger partial charge is 0.393 e. The second kappa shape index (κ2) is 8.21. The molecule has 5 nitrogen and oxygen atoms in total. The molecule has 0 spiro atoms. The van der Waals surface area contributed by atoms with Crippen molar-refractivity contribution in [2.45, 2.75) is 19.4 Å². The monoisotopic (exact) mass is 290 g/mol. The molecule has 1 rings (SSSR count). The third-order valence-electron chi connectivity index (χ3n) is 3.08. The Bertz CT molecular complexity index is 507. The van der Waals surface area contributed by atoms with Gasteiger partial charge in [0, 0.05) is 32.3 Å². The topological polar surface area (TPSA) is 69.6 Å². The lowest BCUT2D eigenvalue weighted by atomic mass is 10.1. The average Bonchev–Trinajstić information content (AvgIpc) is 2.49. The highest BCUT2D eigenvalue weighted by Crippen LogP contribution is 2.07. The molecule has 0 aromatic heterocycles. The van der Waals surface area contributed by atoms with Gasteiger partial charge in [0.1, 0.15) is 0 Å². The molecule has 1 aromatic rings. The molecule has 0 radical (unpaired) electrons. The van der Waals surface area contributed by atoms with Crippen LogP contribution in [0.1, 0.15) is 29.3 Å². The summed E-state index contributed by atoms with van der Waals surface area (Å²) in [5.74, 6) is -0.259. The molecule has 21 heavy (non-hydrogen) atoms. The normalized spacial score (nSPS) is 12.2. The van der Waals surface area contributed by atoms with Crippen LogP contribution >= 0.6 is 0 Å². The Morgan fingerprint density at radius 3 is 2.48 bits per heavy atom. The quantitative estimate of drug-likeness (QED) is 0.776. The van der Waals surface area contributed by atoms with E-state index >= 15 is 0 Å². The van der Waals surface area contributed by atoms with Gasteiger partial charge in [-0.15, -0.1) is 0 Å². The number of carbonyl (C=O) groups excluding carboxylic acids is 2. The lowest BCUT2D eigenvalue weighted by molar-refractivity contribution is -0.124. The highest BCUT2D eigenvalue weighted by Gasteiger charge is 2.06. The van der Waals surface area contributed by atoms with Crippen molar-refractivity contribution in [3.63, 3.8) is 0 Å². The summed E-state index contributed by atoms with van der Waals surface area (Å²) in [5.41, 5.74) is 1.43. The number of aliphatic hydroxyl groups is 1. The van der Waals surface area contributed by atoms with Gasteiger partial charge in [0.25, 0.3) is 5.91 Å². The van der Waals surface area contributed by atoms with E-state index in [1.165, 1.54) is 6.08 Å². The molecule has 0 fully saturated rings. The van der Waals surface area contributed by atoms with Gasteiger partial charge in [-0.3, -0.25) is 9.59 Å². The average molecular weight is 290 g/mol. The molecule has 114 valence electrons. The number of rotatable bonds is 6. The summed E-state index contributed by atoms with van der Waals surface area (Å²) in [7, 11) is 3.28. The van der Waals surface area contributed by atoms with Crippen molar-refractivity contribution in [1.82, 2.24) is 10.2 Å². The summed E-state index contributed by atoms with van der Waals surface area (Å²) in [6, 6.07) is 6.98. The standard InChI is InChI=1S/C16H22N2O3/c1-12(19)10-11-18(3)15(20)9-6-13-4-7-14(8-5-13)16(21)17-2/h4-9,12,19H,10-11H2,1-3H3,(H,17,21). The zero-order valence-corrected chi connectivity index (χ0v) is 12.7. The van der Waals surface area contributed by atoms with Gasteiger partial charge in [-0.2, -0.15) is 0 Å². The van der Waals surface area contributed by atoms with Gasteiger partial charge >= 0.3 is 0 Å². The number of amides is 2. The first-order chi connectivity index (χ1) is 9.93. The summed E-state index contributed by atoms with van der Waals surface area (Å²) in [6.45, 7) is 2.21. The molecule has 0 aliphatic rings. The third-order valence-corrected chi connectivity index (χ3v) is 3.08. The lowest BCUT2D eigenvalue weighted by Crippen LogP contribution is -2.27. The highest BCUT2D eigenvalue weighted by atomic mass is 16.3. The van der Waals surface area contributed by atoms with Crippen molar-refractivity contribution in [3.8, 4) is 0 Å². The number of hydrogen-bond donors (Lipinski definition) is 2. The molecule has 5 heteroatoms. The molecule has 1 unspecified atom stereocenters. The predicted octanol–water partition coefficient (Wildman–Crippen LogP) is 1.29. The summed E-state index contributed by atoms with van der Waals surface area (Å²) in [6.07, 6.45) is 3.32. The fourth-order valence-corrected chi connectivity index (χ4v) is 1.68. The van der Waals surface area contributed by atoms with E-state index in [9.17, 15) is 14.7 Å². The number of carbonyl (C=O) groups is 2. The van der Waals surface area contributed by atoms with Gasteiger partial charge in [-0.05, 0) is 37.1 Å². The maximum Gasteiger partial charge on any atom is 0.251 e. The van der Waals surface area contributed by atoms with Crippen molar-refractivity contribution < 1.29 is 14.7 Å². The molecular weight excluding hydrogens is 268 g/mol. The molecule has 0 heterocycles. The molecular formula is C16H22N2O3. The first-order valence-corrected chi connectivity index (χ1v) is 6.87. The Hall–Kier alpha value is -2.14. The Morgan fingerprint density at radius 1 is 1.33 bits per heavy atom. The van der Waals surface area contributed by atoms with Crippen molar-refractivity contribution >= 4 is 17.9 Å². The van der Waals surface area contributed by atoms with E-state index in [-0.39, 0.29) is 11.8 Å². The van der Waals surface area contributed by atoms with Crippen LogP contribution in [0.3, 0.4) is 0 Å². The Balaban J connectivity index is 2.59. The lowest BCUT2D eigenvalue weighted by Gasteiger charge is -2.15. The molecule has 0 aliphatic carbocycles. The van der Waals surface area contributed by atoms with Crippen LogP contribution in [-0.2, 0) is 4.79 Å². The van der Waals surface area contributed by atoms with Crippen molar-refractivity contribution in [3.05, 3.63) is 41.5 Å². The fraction of sp³-hybridized carbons (Fsp3) is 0.375. The maximum absolute atomic E-state index is 11.8. The van der Waals surface area contributed by atoms with E-state index in [1.807, 2.05) is 0 Å². The molecule has 1 atom stereocenters. The van der Waals surface area contributed by atoms with E-state index in [0.29, 0.717) is 18.5 Å². The van der Waals surface area contributed by atoms with Crippen LogP contribution in [0.5, 0.6) is 0 Å². The number of hydrogen-bond acceptors (Lipinski definition) is 3. The zero-order valence-electron chi connectivity index (χ0n) is 12.7. The minimum Gasteiger partial charge on any atom is -0.393 e. The van der Waals surface area contributed by atoms with Crippen molar-refractivity contribution in [1.29, 1.82) is 0 Å². The van der Waals surface area contributed by atoms with Crippen LogP contribution in [0.15, 0.2) is 30.3 Å². The maximum atomic E-state index is 11.8. The van der Waals surface area contributed by atoms with Crippen molar-refractivity contribution in [2.75, 3.05) is 20.6 Å². The van der Waals surface area contributed by atoms with Crippen LogP contribution in [0.2, 0.25) is 0 Å². The Morgan fingerprint density at radius 2 is 1.95 bits per heavy atom. The minimum absolute atomic E-state index is 0.119. The van der Waals surface area contributed by atoms with Gasteiger partial charge in [-0.1, -0.05) is 12.1 Å². The SMILES string of the molecule is CNC(=O)c1ccc(C=CC(=O)N(C)CCC(C)O)cc1. The van der Waals surface area contributed by atoms with E-state index in [0.717, 1.165) is 5.56 Å². The fourth-order valence-electron chi connectivity index (χ4n) is 1.68. The minimum atomic E-state index is -0.415. The van der Waals surface area contributed by atoms with Crippen LogP contribution in [0.4, 0.5) is 0 Å². The van der Waals surface area contributed by atoms with Gasteiger partial charge in [0.15, 0.2) is 0 Å². The van der Waals surface area contributed by atoms with Crippen LogP contribution in [0, 0.1) is 0 Å². The number of nitrogens with one attached hydrogen (secondary N) is 1. The molecule has 0 aliphatic heterocycles. The number of nitrogens with zero attached hydrogens (tertiary/aromatic N) is 1. The molecule has 1 aromatic carbocycles. The smallest absolute Gasteiger partial charge is 0.251 e. The Kier molecular flexibility index (Phi) is 6.62. The predicted molar refractivity (Wildman–Crippen MR) is 82.8 cm³/mol. The molecule has 2 amide bonds. The Labute approximate surface area is 125 Å².